The molecule has 6 unspecified atom stereocenters. The molecular formula is C45H71O13P. The van der Waals surface area contributed by atoms with E-state index in [1.54, 1.807) is 0 Å². The molecule has 6 N–H and O–H groups in total. The molecule has 0 aromatic rings. The van der Waals surface area contributed by atoms with Crippen molar-refractivity contribution in [3.05, 3.63) is 97.2 Å². The first-order valence-corrected chi connectivity index (χ1v) is 22.6. The Hall–Kier alpha value is -3.23. The molecule has 59 heavy (non-hydrogen) atoms. The van der Waals surface area contributed by atoms with Crippen molar-refractivity contribution in [3.63, 3.8) is 0 Å². The number of ether oxygens (including phenoxy) is 2. The quantitative estimate of drug-likeness (QED) is 0.0128. The van der Waals surface area contributed by atoms with E-state index in [2.05, 4.69) is 74.6 Å². The first-order valence-electron chi connectivity index (χ1n) is 21.1. The Morgan fingerprint density at radius 3 is 1.63 bits per heavy atom. The first-order chi connectivity index (χ1) is 28.4. The van der Waals surface area contributed by atoms with Gasteiger partial charge in [0.2, 0.25) is 0 Å². The van der Waals surface area contributed by atoms with Crippen LogP contribution in [0.2, 0.25) is 0 Å². The van der Waals surface area contributed by atoms with Crippen molar-refractivity contribution < 1.29 is 63.1 Å². The number of carbonyl (C=O) groups is 2. The SMILES string of the molecule is CC/C=C/C=C/C=C/C=C/CCCCCCCC(=O)O[C@H](COC(=O)CCCC/C=C/C/C=C/C/C=C/C/C=C/CC)COP(=O)(O)OC1C(O)C(O)C(O)[C@@H](O)C1O. The highest BCUT2D eigenvalue weighted by atomic mass is 31.2. The van der Waals surface area contributed by atoms with Gasteiger partial charge < -0.3 is 39.9 Å². The second kappa shape index (κ2) is 34.5. The van der Waals surface area contributed by atoms with E-state index in [0.717, 1.165) is 77.0 Å². The summed E-state index contributed by atoms with van der Waals surface area (Å²) in [5.41, 5.74) is 0. The summed E-state index contributed by atoms with van der Waals surface area (Å²) >= 11 is 0. The minimum absolute atomic E-state index is 0.0548. The molecule has 0 aromatic heterocycles. The molecule has 334 valence electrons. The van der Waals surface area contributed by atoms with Crippen LogP contribution in [0.5, 0.6) is 0 Å². The third kappa shape index (κ3) is 27.3. The van der Waals surface area contributed by atoms with Gasteiger partial charge in [0.25, 0.3) is 0 Å². The van der Waals surface area contributed by atoms with E-state index in [1.807, 2.05) is 36.5 Å². The maximum atomic E-state index is 12.8. The summed E-state index contributed by atoms with van der Waals surface area (Å²) < 4.78 is 33.4. The van der Waals surface area contributed by atoms with Gasteiger partial charge in [0.05, 0.1) is 6.61 Å². The van der Waals surface area contributed by atoms with E-state index < -0.39 is 75.7 Å². The molecule has 0 spiro atoms. The third-order valence-electron chi connectivity index (χ3n) is 9.02. The van der Waals surface area contributed by atoms with E-state index in [0.29, 0.717) is 12.8 Å². The van der Waals surface area contributed by atoms with Crippen molar-refractivity contribution in [1.29, 1.82) is 0 Å². The van der Waals surface area contributed by atoms with Crippen LogP contribution in [0.3, 0.4) is 0 Å². The molecule has 0 saturated heterocycles. The maximum absolute atomic E-state index is 12.8. The van der Waals surface area contributed by atoms with Crippen LogP contribution in [0.1, 0.15) is 117 Å². The van der Waals surface area contributed by atoms with Crippen molar-refractivity contribution in [1.82, 2.24) is 0 Å². The number of esters is 2. The van der Waals surface area contributed by atoms with Crippen molar-refractivity contribution in [2.45, 2.75) is 159 Å². The average molecular weight is 851 g/mol. The highest BCUT2D eigenvalue weighted by molar-refractivity contribution is 7.47. The van der Waals surface area contributed by atoms with Crippen LogP contribution >= 0.6 is 7.82 Å². The van der Waals surface area contributed by atoms with Gasteiger partial charge in [-0.1, -0.05) is 130 Å². The number of phosphoric ester groups is 1. The Bertz CT molecular complexity index is 1400. The zero-order valence-electron chi connectivity index (χ0n) is 35.0. The lowest BCUT2D eigenvalue weighted by molar-refractivity contribution is -0.220. The van der Waals surface area contributed by atoms with E-state index in [-0.39, 0.29) is 12.8 Å². The molecule has 1 fully saturated rings. The molecule has 0 radical (unpaired) electrons. The summed E-state index contributed by atoms with van der Waals surface area (Å²) in [5.74, 6) is -1.19. The Balaban J connectivity index is 2.56. The third-order valence-corrected chi connectivity index (χ3v) is 10.0. The molecular weight excluding hydrogens is 779 g/mol. The molecule has 0 amide bonds. The number of carbonyl (C=O) groups excluding carboxylic acids is 2. The second-order valence-corrected chi connectivity index (χ2v) is 15.6. The van der Waals surface area contributed by atoms with Crippen LogP contribution in [0, 0.1) is 0 Å². The number of allylic oxidation sites excluding steroid dienone is 16. The molecule has 0 bridgehead atoms. The van der Waals surface area contributed by atoms with Gasteiger partial charge >= 0.3 is 19.8 Å². The van der Waals surface area contributed by atoms with Crippen LogP contribution in [0.15, 0.2) is 97.2 Å². The van der Waals surface area contributed by atoms with Gasteiger partial charge in [-0.2, -0.15) is 0 Å². The lowest BCUT2D eigenvalue weighted by Gasteiger charge is -2.41. The van der Waals surface area contributed by atoms with Crippen molar-refractivity contribution >= 4 is 19.8 Å². The zero-order chi connectivity index (χ0) is 43.6. The number of aliphatic hydroxyl groups is 5. The Morgan fingerprint density at radius 2 is 1.00 bits per heavy atom. The summed E-state index contributed by atoms with van der Waals surface area (Å²) in [6, 6.07) is 0. The summed E-state index contributed by atoms with van der Waals surface area (Å²) in [6.07, 6.45) is 31.8. The van der Waals surface area contributed by atoms with E-state index >= 15 is 0 Å². The largest absolute Gasteiger partial charge is 0.472 e. The van der Waals surface area contributed by atoms with Crippen molar-refractivity contribution in [3.8, 4) is 0 Å². The number of rotatable bonds is 32. The normalized spacial score (nSPS) is 23.3. The predicted molar refractivity (Wildman–Crippen MR) is 230 cm³/mol. The van der Waals surface area contributed by atoms with Gasteiger partial charge in [-0.05, 0) is 70.6 Å². The van der Waals surface area contributed by atoms with Gasteiger partial charge in [-0.3, -0.25) is 18.6 Å². The van der Waals surface area contributed by atoms with Crippen LogP contribution in [-0.4, -0.2) is 98.3 Å². The average Bonchev–Trinajstić information content (AvgIpc) is 3.21. The fourth-order valence-electron chi connectivity index (χ4n) is 5.64. The Morgan fingerprint density at radius 1 is 0.542 bits per heavy atom. The first kappa shape index (κ1) is 53.8. The molecule has 1 aliphatic rings. The van der Waals surface area contributed by atoms with E-state index in [9.17, 15) is 44.6 Å². The maximum Gasteiger partial charge on any atom is 0.472 e. The topological polar surface area (TPSA) is 210 Å². The van der Waals surface area contributed by atoms with Gasteiger partial charge in [0.1, 0.15) is 43.2 Å². The van der Waals surface area contributed by atoms with Crippen molar-refractivity contribution in [2.75, 3.05) is 13.2 Å². The molecule has 8 atom stereocenters. The monoisotopic (exact) mass is 850 g/mol. The summed E-state index contributed by atoms with van der Waals surface area (Å²) in [6.45, 7) is 2.95. The molecule has 0 heterocycles. The minimum atomic E-state index is -5.14. The molecule has 14 heteroatoms. The summed E-state index contributed by atoms with van der Waals surface area (Å²) in [7, 11) is -5.14. The standard InChI is InChI=1S/C45H71O13P/c1-3-5-7-9-11-13-15-17-19-21-23-25-27-29-31-33-38(46)55-35-37(36-56-59(53,54)58-45-43(51)41(49)40(48)42(50)44(45)52)57-39(47)34-32-30-28-26-24-22-20-18-16-14-12-10-8-6-4-2/h5-8,10-14,16-20,23,25,37,40-45,48-52H,3-4,9,15,21-22,24,26-36H2,1-2H3,(H,53,54)/b7-5+,8-6+,12-10+,13-11+,16-14+,19-17+,20-18+,25-23+/t37-,40?,41-,42?,43?,44?,45?/m1/s1. The second-order valence-electron chi connectivity index (χ2n) is 14.2. The van der Waals surface area contributed by atoms with Crippen molar-refractivity contribution in [2.24, 2.45) is 0 Å². The van der Waals surface area contributed by atoms with Gasteiger partial charge in [-0.15, -0.1) is 0 Å². The molecule has 1 saturated carbocycles. The molecule has 0 aromatic carbocycles. The fourth-order valence-corrected chi connectivity index (χ4v) is 6.61. The molecule has 1 rings (SSSR count). The summed E-state index contributed by atoms with van der Waals surface area (Å²) in [4.78, 5) is 35.6. The Labute approximate surface area is 351 Å². The van der Waals surface area contributed by atoms with Crippen LogP contribution in [0.25, 0.3) is 0 Å². The number of aliphatic hydroxyl groups excluding tert-OH is 5. The molecule has 1 aliphatic carbocycles. The van der Waals surface area contributed by atoms with Gasteiger partial charge in [-0.25, -0.2) is 4.57 Å². The smallest absolute Gasteiger partial charge is 0.462 e. The number of phosphoric acid groups is 1. The van der Waals surface area contributed by atoms with E-state index in [1.165, 1.54) is 0 Å². The minimum Gasteiger partial charge on any atom is -0.462 e. The lowest BCUT2D eigenvalue weighted by Crippen LogP contribution is -2.64. The lowest BCUT2D eigenvalue weighted by atomic mass is 9.85. The number of unbranched alkanes of at least 4 members (excludes halogenated alkanes) is 7. The van der Waals surface area contributed by atoms with Gasteiger partial charge in [0, 0.05) is 12.8 Å². The van der Waals surface area contributed by atoms with E-state index in [4.69, 9.17) is 18.5 Å². The zero-order valence-corrected chi connectivity index (χ0v) is 35.9. The Kier molecular flexibility index (Phi) is 31.4. The van der Waals surface area contributed by atoms with Gasteiger partial charge in [0.15, 0.2) is 6.10 Å². The highest BCUT2D eigenvalue weighted by Gasteiger charge is 2.51. The number of hydrogen-bond donors (Lipinski definition) is 6. The molecule has 13 nitrogen and oxygen atoms in total. The molecule has 0 aliphatic heterocycles. The predicted octanol–water partition coefficient (Wildman–Crippen LogP) is 7.49. The fraction of sp³-hybridized carbons (Fsp3) is 0.600. The van der Waals surface area contributed by atoms with Crippen LogP contribution < -0.4 is 0 Å². The highest BCUT2D eigenvalue weighted by Crippen LogP contribution is 2.47. The number of hydrogen-bond acceptors (Lipinski definition) is 12. The van der Waals surface area contributed by atoms with Crippen LogP contribution in [-0.2, 0) is 32.7 Å². The van der Waals surface area contributed by atoms with Crippen LogP contribution in [0.4, 0.5) is 0 Å². The summed E-state index contributed by atoms with van der Waals surface area (Å²) in [5, 5.41) is 50.1.